The lowest BCUT2D eigenvalue weighted by Gasteiger charge is -2.29. The lowest BCUT2D eigenvalue weighted by atomic mass is 9.94. The average molecular weight is 423 g/mol. The molecule has 1 atom stereocenters. The summed E-state index contributed by atoms with van der Waals surface area (Å²) in [6.45, 7) is 3.58. The molecule has 1 N–H and O–H groups in total. The zero-order chi connectivity index (χ0) is 21.0. The van der Waals surface area contributed by atoms with Crippen LogP contribution in [0.3, 0.4) is 0 Å². The molecule has 3 nitrogen and oxygen atoms in total. The Balaban J connectivity index is 1.75. The normalized spacial score (nSPS) is 17.3. The van der Waals surface area contributed by atoms with Gasteiger partial charge in [-0.05, 0) is 55.4 Å². The number of nitrogens with zero attached hydrogens (tertiary/aromatic N) is 2. The number of aliphatic hydroxyl groups is 1. The van der Waals surface area contributed by atoms with Crippen molar-refractivity contribution in [3.8, 4) is 0 Å². The lowest BCUT2D eigenvalue weighted by molar-refractivity contribution is -0.137. The molecule has 154 valence electrons. The summed E-state index contributed by atoms with van der Waals surface area (Å²) < 4.78 is 40.7. The number of aromatic nitrogens is 1. The van der Waals surface area contributed by atoms with Crippen molar-refractivity contribution in [3.63, 3.8) is 0 Å². The van der Waals surface area contributed by atoms with Crippen molar-refractivity contribution >= 4 is 22.5 Å². The summed E-state index contributed by atoms with van der Waals surface area (Å²) in [5, 5.41) is 12.9. The molecule has 0 amide bonds. The molecule has 0 saturated heterocycles. The molecule has 7 heteroatoms. The summed E-state index contributed by atoms with van der Waals surface area (Å²) in [4.78, 5) is 2.24. The number of alkyl halides is 3. The van der Waals surface area contributed by atoms with Gasteiger partial charge in [-0.1, -0.05) is 23.7 Å². The van der Waals surface area contributed by atoms with Gasteiger partial charge in [0.15, 0.2) is 0 Å². The van der Waals surface area contributed by atoms with Crippen molar-refractivity contribution in [1.29, 1.82) is 0 Å². The fraction of sp³-hybridized carbons (Fsp3) is 0.364. The van der Waals surface area contributed by atoms with Gasteiger partial charge in [0.2, 0.25) is 0 Å². The predicted molar refractivity (Wildman–Crippen MR) is 108 cm³/mol. The standard InChI is InChI=1S/C22H22ClF3N2O/c1-21(29,14-3-5-15(6-4-14)22(24,25)26)13-28-19-8-7-16(23)11-17(19)18-12-27(2)10-9-20(18)28/h3-8,11,29H,9-10,12-13H2,1-2H3. The molecule has 1 aliphatic rings. The molecule has 1 aliphatic heterocycles. The minimum atomic E-state index is -4.40. The number of hydrogen-bond acceptors (Lipinski definition) is 2. The summed E-state index contributed by atoms with van der Waals surface area (Å²) in [7, 11) is 2.06. The monoisotopic (exact) mass is 422 g/mol. The zero-order valence-corrected chi connectivity index (χ0v) is 17.0. The Morgan fingerprint density at radius 3 is 2.38 bits per heavy atom. The van der Waals surface area contributed by atoms with Crippen molar-refractivity contribution < 1.29 is 18.3 Å². The zero-order valence-electron chi connectivity index (χ0n) is 16.2. The third kappa shape index (κ3) is 3.77. The fourth-order valence-electron chi connectivity index (χ4n) is 4.16. The summed E-state index contributed by atoms with van der Waals surface area (Å²) in [6.07, 6.45) is -3.56. The summed E-state index contributed by atoms with van der Waals surface area (Å²) in [6, 6.07) is 10.4. The highest BCUT2D eigenvalue weighted by molar-refractivity contribution is 6.31. The Kier molecular flexibility index (Phi) is 4.92. The Hall–Kier alpha value is -2.02. The van der Waals surface area contributed by atoms with Crippen LogP contribution in [0.2, 0.25) is 5.02 Å². The van der Waals surface area contributed by atoms with Crippen LogP contribution in [-0.2, 0) is 31.3 Å². The summed E-state index contributed by atoms with van der Waals surface area (Å²) in [5.74, 6) is 0. The van der Waals surface area contributed by atoms with Crippen LogP contribution >= 0.6 is 11.6 Å². The minimum Gasteiger partial charge on any atom is -0.384 e. The highest BCUT2D eigenvalue weighted by Gasteiger charge is 2.32. The minimum absolute atomic E-state index is 0.246. The quantitative estimate of drug-likeness (QED) is 0.627. The number of fused-ring (bicyclic) bond motifs is 3. The largest absolute Gasteiger partial charge is 0.416 e. The Morgan fingerprint density at radius 2 is 1.72 bits per heavy atom. The first-order valence-corrected chi connectivity index (χ1v) is 9.82. The van der Waals surface area contributed by atoms with Crippen molar-refractivity contribution in [2.45, 2.75) is 38.2 Å². The second-order valence-electron chi connectivity index (χ2n) is 8.01. The molecule has 3 aromatic rings. The van der Waals surface area contributed by atoms with Gasteiger partial charge in [-0.15, -0.1) is 0 Å². The van der Waals surface area contributed by atoms with E-state index in [4.69, 9.17) is 11.6 Å². The van der Waals surface area contributed by atoms with E-state index in [0.29, 0.717) is 10.6 Å². The molecule has 0 radical (unpaired) electrons. The maximum Gasteiger partial charge on any atom is 0.416 e. The van der Waals surface area contributed by atoms with Crippen LogP contribution in [0.5, 0.6) is 0 Å². The van der Waals surface area contributed by atoms with Gasteiger partial charge in [0.25, 0.3) is 0 Å². The van der Waals surface area contributed by atoms with E-state index in [1.54, 1.807) is 6.92 Å². The van der Waals surface area contributed by atoms with Crippen LogP contribution in [0.15, 0.2) is 42.5 Å². The molecule has 2 heterocycles. The third-order valence-electron chi connectivity index (χ3n) is 5.71. The van der Waals surface area contributed by atoms with Crippen molar-refractivity contribution in [1.82, 2.24) is 9.47 Å². The number of likely N-dealkylation sites (N-methyl/N-ethyl adjacent to an activating group) is 1. The van der Waals surface area contributed by atoms with E-state index in [2.05, 4.69) is 16.5 Å². The predicted octanol–water partition coefficient (Wildman–Crippen LogP) is 5.21. The Morgan fingerprint density at radius 1 is 1.07 bits per heavy atom. The van der Waals surface area contributed by atoms with E-state index < -0.39 is 17.3 Å². The molecule has 29 heavy (non-hydrogen) atoms. The molecule has 0 saturated carbocycles. The summed E-state index contributed by atoms with van der Waals surface area (Å²) in [5.41, 5.74) is 1.71. The molecular formula is C22H22ClF3N2O. The van der Waals surface area contributed by atoms with Crippen LogP contribution < -0.4 is 0 Å². The van der Waals surface area contributed by atoms with Crippen molar-refractivity contribution in [2.75, 3.05) is 13.6 Å². The smallest absolute Gasteiger partial charge is 0.384 e. The Bertz CT molecular complexity index is 1050. The second-order valence-corrected chi connectivity index (χ2v) is 8.45. The topological polar surface area (TPSA) is 28.4 Å². The van der Waals surface area contributed by atoms with Gasteiger partial charge in [0.1, 0.15) is 5.60 Å². The van der Waals surface area contributed by atoms with E-state index >= 15 is 0 Å². The molecule has 2 aromatic carbocycles. The van der Waals surface area contributed by atoms with Crippen molar-refractivity contribution in [2.24, 2.45) is 0 Å². The first-order valence-electron chi connectivity index (χ1n) is 9.44. The van der Waals surface area contributed by atoms with Crippen LogP contribution in [0, 0.1) is 0 Å². The highest BCUT2D eigenvalue weighted by Crippen LogP contribution is 2.36. The SMILES string of the molecule is CN1CCc2c(c3cc(Cl)ccc3n2CC(C)(O)c2ccc(C(F)(F)F)cc2)C1. The second kappa shape index (κ2) is 7.04. The summed E-state index contributed by atoms with van der Waals surface area (Å²) >= 11 is 6.22. The van der Waals surface area contributed by atoms with Crippen LogP contribution in [0.1, 0.15) is 29.3 Å². The van der Waals surface area contributed by atoms with E-state index in [9.17, 15) is 18.3 Å². The maximum absolute atomic E-state index is 12.9. The molecule has 0 aliphatic carbocycles. The van der Waals surface area contributed by atoms with Gasteiger partial charge >= 0.3 is 6.18 Å². The van der Waals surface area contributed by atoms with Crippen LogP contribution in [-0.4, -0.2) is 28.2 Å². The van der Waals surface area contributed by atoms with Gasteiger partial charge in [-0.2, -0.15) is 13.2 Å². The van der Waals surface area contributed by atoms with E-state index in [1.807, 2.05) is 18.2 Å². The number of benzene rings is 2. The van der Waals surface area contributed by atoms with Gasteiger partial charge in [0, 0.05) is 41.1 Å². The van der Waals surface area contributed by atoms with Crippen molar-refractivity contribution in [3.05, 3.63) is 69.9 Å². The van der Waals surface area contributed by atoms with E-state index in [-0.39, 0.29) is 6.54 Å². The van der Waals surface area contributed by atoms with E-state index in [0.717, 1.165) is 48.2 Å². The number of halogens is 4. The molecule has 0 spiro atoms. The van der Waals surface area contributed by atoms with Gasteiger partial charge < -0.3 is 14.6 Å². The molecular weight excluding hydrogens is 401 g/mol. The fourth-order valence-corrected chi connectivity index (χ4v) is 4.33. The van der Waals surface area contributed by atoms with Gasteiger partial charge in [-0.3, -0.25) is 0 Å². The third-order valence-corrected chi connectivity index (χ3v) is 5.94. The van der Waals surface area contributed by atoms with E-state index in [1.165, 1.54) is 17.7 Å². The highest BCUT2D eigenvalue weighted by atomic mass is 35.5. The first-order chi connectivity index (χ1) is 13.6. The maximum atomic E-state index is 12.9. The number of hydrogen-bond donors (Lipinski definition) is 1. The van der Waals surface area contributed by atoms with Gasteiger partial charge in [-0.25, -0.2) is 0 Å². The lowest BCUT2D eigenvalue weighted by Crippen LogP contribution is -2.31. The van der Waals surface area contributed by atoms with Crippen LogP contribution in [0.4, 0.5) is 13.2 Å². The molecule has 1 aromatic heterocycles. The average Bonchev–Trinajstić information content (AvgIpc) is 2.93. The first kappa shape index (κ1) is 20.3. The molecule has 4 rings (SSSR count). The molecule has 0 bridgehead atoms. The van der Waals surface area contributed by atoms with Gasteiger partial charge in [0.05, 0.1) is 12.1 Å². The molecule has 1 unspecified atom stereocenters. The Labute approximate surface area is 172 Å². The molecule has 0 fully saturated rings. The van der Waals surface area contributed by atoms with Crippen LogP contribution in [0.25, 0.3) is 10.9 Å². The number of rotatable bonds is 3.